The lowest BCUT2D eigenvalue weighted by atomic mass is 9.85. The van der Waals surface area contributed by atoms with E-state index in [0.29, 0.717) is 12.8 Å². The molecule has 0 radical (unpaired) electrons. The van der Waals surface area contributed by atoms with Crippen LogP contribution in [0.3, 0.4) is 0 Å². The molecule has 0 aromatic carbocycles. The number of nitrogens with one attached hydrogen (secondary N) is 1. The van der Waals surface area contributed by atoms with E-state index >= 15 is 0 Å². The van der Waals surface area contributed by atoms with Crippen LogP contribution in [-0.4, -0.2) is 35.2 Å². The third-order valence-corrected chi connectivity index (χ3v) is 4.29. The van der Waals surface area contributed by atoms with Crippen LogP contribution < -0.4 is 5.32 Å². The molecule has 0 spiro atoms. The van der Waals surface area contributed by atoms with Crippen molar-refractivity contribution in [2.75, 3.05) is 6.54 Å². The summed E-state index contributed by atoms with van der Waals surface area (Å²) >= 11 is 0. The number of hydrogen-bond acceptors (Lipinski definition) is 3. The van der Waals surface area contributed by atoms with E-state index in [1.807, 2.05) is 19.1 Å². The molecule has 116 valence electrons. The molecule has 1 aliphatic carbocycles. The minimum atomic E-state index is -0.204. The minimum absolute atomic E-state index is 0.0930. The second-order valence-corrected chi connectivity index (χ2v) is 5.99. The highest BCUT2D eigenvalue weighted by Gasteiger charge is 2.46. The van der Waals surface area contributed by atoms with Crippen LogP contribution >= 0.6 is 0 Å². The summed E-state index contributed by atoms with van der Waals surface area (Å²) in [6, 6.07) is 0.138. The fourth-order valence-corrected chi connectivity index (χ4v) is 3.15. The van der Waals surface area contributed by atoms with Gasteiger partial charge in [0.25, 0.3) is 0 Å². The standard InChI is InChI=1S/C16H24N2O3/c1-3-6-11(2)17-14(19)9-10-18-15(20)12-7-4-5-8-13(12)16(18)21/h4-5,11-13H,3,6-10H2,1-2H3,(H,17,19)/t11?,12-,13+. The summed E-state index contributed by atoms with van der Waals surface area (Å²) in [5.74, 6) is -0.716. The molecule has 1 heterocycles. The maximum Gasteiger partial charge on any atom is 0.233 e. The summed E-state index contributed by atoms with van der Waals surface area (Å²) in [7, 11) is 0. The van der Waals surface area contributed by atoms with E-state index in [4.69, 9.17) is 0 Å². The summed E-state index contributed by atoms with van der Waals surface area (Å²) in [6.07, 6.45) is 7.36. The van der Waals surface area contributed by atoms with Crippen LogP contribution in [0.2, 0.25) is 0 Å². The van der Waals surface area contributed by atoms with E-state index < -0.39 is 0 Å². The number of amides is 3. The van der Waals surface area contributed by atoms with Gasteiger partial charge in [-0.05, 0) is 26.2 Å². The lowest BCUT2D eigenvalue weighted by molar-refractivity contribution is -0.140. The highest BCUT2D eigenvalue weighted by atomic mass is 16.2. The number of allylic oxidation sites excluding steroid dienone is 2. The van der Waals surface area contributed by atoms with Crippen molar-refractivity contribution >= 4 is 17.7 Å². The van der Waals surface area contributed by atoms with Crippen molar-refractivity contribution in [2.45, 2.75) is 52.0 Å². The van der Waals surface area contributed by atoms with Gasteiger partial charge in [0.2, 0.25) is 17.7 Å². The first-order valence-corrected chi connectivity index (χ1v) is 7.84. The minimum Gasteiger partial charge on any atom is -0.354 e. The van der Waals surface area contributed by atoms with Crippen molar-refractivity contribution in [1.29, 1.82) is 0 Å². The molecule has 3 amide bonds. The molecular weight excluding hydrogens is 268 g/mol. The van der Waals surface area contributed by atoms with Gasteiger partial charge in [0.05, 0.1) is 11.8 Å². The van der Waals surface area contributed by atoms with E-state index in [1.165, 1.54) is 4.90 Å². The van der Waals surface area contributed by atoms with E-state index in [0.717, 1.165) is 12.8 Å². The molecule has 21 heavy (non-hydrogen) atoms. The smallest absolute Gasteiger partial charge is 0.233 e. The van der Waals surface area contributed by atoms with Crippen LogP contribution in [0.4, 0.5) is 0 Å². The van der Waals surface area contributed by atoms with Gasteiger partial charge in [-0.3, -0.25) is 19.3 Å². The number of imide groups is 1. The lowest BCUT2D eigenvalue weighted by Crippen LogP contribution is -2.38. The third-order valence-electron chi connectivity index (χ3n) is 4.29. The van der Waals surface area contributed by atoms with Crippen LogP contribution in [-0.2, 0) is 14.4 Å². The molecule has 5 nitrogen and oxygen atoms in total. The van der Waals surface area contributed by atoms with Crippen LogP contribution in [0.5, 0.6) is 0 Å². The predicted octanol–water partition coefficient (Wildman–Crippen LogP) is 1.63. The van der Waals surface area contributed by atoms with Gasteiger partial charge in [0, 0.05) is 19.0 Å². The van der Waals surface area contributed by atoms with Crippen LogP contribution in [0, 0.1) is 11.8 Å². The zero-order valence-electron chi connectivity index (χ0n) is 12.8. The van der Waals surface area contributed by atoms with E-state index in [-0.39, 0.29) is 48.6 Å². The number of nitrogens with zero attached hydrogens (tertiary/aromatic N) is 1. The summed E-state index contributed by atoms with van der Waals surface area (Å²) in [5, 5.41) is 2.90. The van der Waals surface area contributed by atoms with Crippen molar-refractivity contribution in [1.82, 2.24) is 10.2 Å². The van der Waals surface area contributed by atoms with Crippen LogP contribution in [0.1, 0.15) is 46.0 Å². The molecule has 1 N–H and O–H groups in total. The van der Waals surface area contributed by atoms with E-state index in [9.17, 15) is 14.4 Å². The lowest BCUT2D eigenvalue weighted by Gasteiger charge is -2.16. The first kappa shape index (κ1) is 15.7. The van der Waals surface area contributed by atoms with Gasteiger partial charge in [-0.15, -0.1) is 0 Å². The maximum absolute atomic E-state index is 12.2. The highest BCUT2D eigenvalue weighted by Crippen LogP contribution is 2.34. The number of hydrogen-bond donors (Lipinski definition) is 1. The topological polar surface area (TPSA) is 66.5 Å². The number of fused-ring (bicyclic) bond motifs is 1. The molecule has 1 fully saturated rings. The van der Waals surface area contributed by atoms with Crippen LogP contribution in [0.25, 0.3) is 0 Å². The monoisotopic (exact) mass is 292 g/mol. The summed E-state index contributed by atoms with van der Waals surface area (Å²) in [4.78, 5) is 37.6. The van der Waals surface area contributed by atoms with Crippen molar-refractivity contribution in [3.63, 3.8) is 0 Å². The normalized spacial score (nSPS) is 25.9. The Bertz CT molecular complexity index is 432. The van der Waals surface area contributed by atoms with Gasteiger partial charge in [-0.25, -0.2) is 0 Å². The Labute approximate surface area is 125 Å². The summed E-state index contributed by atoms with van der Waals surface area (Å²) in [5.41, 5.74) is 0. The molecule has 0 saturated carbocycles. The molecule has 1 saturated heterocycles. The molecule has 1 unspecified atom stereocenters. The van der Waals surface area contributed by atoms with Gasteiger partial charge >= 0.3 is 0 Å². The highest BCUT2D eigenvalue weighted by molar-refractivity contribution is 6.05. The Morgan fingerprint density at radius 2 is 1.86 bits per heavy atom. The summed E-state index contributed by atoms with van der Waals surface area (Å²) in [6.45, 7) is 4.24. The van der Waals surface area contributed by atoms with Gasteiger partial charge in [-0.1, -0.05) is 25.5 Å². The van der Waals surface area contributed by atoms with E-state index in [1.54, 1.807) is 0 Å². The van der Waals surface area contributed by atoms with Crippen molar-refractivity contribution < 1.29 is 14.4 Å². The van der Waals surface area contributed by atoms with Gasteiger partial charge in [0.1, 0.15) is 0 Å². The van der Waals surface area contributed by atoms with Crippen molar-refractivity contribution in [3.8, 4) is 0 Å². The van der Waals surface area contributed by atoms with E-state index in [2.05, 4.69) is 12.2 Å². The van der Waals surface area contributed by atoms with Gasteiger partial charge < -0.3 is 5.32 Å². The fraction of sp³-hybridized carbons (Fsp3) is 0.688. The first-order valence-electron chi connectivity index (χ1n) is 7.84. The maximum atomic E-state index is 12.2. The quantitative estimate of drug-likeness (QED) is 0.598. The van der Waals surface area contributed by atoms with Crippen molar-refractivity contribution in [2.24, 2.45) is 11.8 Å². The average Bonchev–Trinajstić information content (AvgIpc) is 2.70. The molecule has 0 aromatic heterocycles. The largest absolute Gasteiger partial charge is 0.354 e. The SMILES string of the molecule is CCCC(C)NC(=O)CCN1C(=O)[C@H]2CC=CC[C@H]2C1=O. The summed E-state index contributed by atoms with van der Waals surface area (Å²) < 4.78 is 0. The molecule has 0 aromatic rings. The Morgan fingerprint density at radius 1 is 1.29 bits per heavy atom. The Kier molecular flexibility index (Phi) is 5.15. The second kappa shape index (κ2) is 6.87. The Morgan fingerprint density at radius 3 is 2.38 bits per heavy atom. The number of likely N-dealkylation sites (tertiary alicyclic amines) is 1. The number of carbonyl (C=O) groups is 3. The Hall–Kier alpha value is -1.65. The third kappa shape index (κ3) is 3.52. The molecule has 2 aliphatic rings. The van der Waals surface area contributed by atoms with Gasteiger partial charge in [0.15, 0.2) is 0 Å². The molecule has 2 rings (SSSR count). The van der Waals surface area contributed by atoms with Gasteiger partial charge in [-0.2, -0.15) is 0 Å². The van der Waals surface area contributed by atoms with Crippen LogP contribution in [0.15, 0.2) is 12.2 Å². The molecule has 5 heteroatoms. The molecule has 1 aliphatic heterocycles. The Balaban J connectivity index is 1.85. The zero-order valence-corrected chi connectivity index (χ0v) is 12.8. The average molecular weight is 292 g/mol. The molecule has 3 atom stereocenters. The number of carbonyl (C=O) groups excluding carboxylic acids is 3. The first-order chi connectivity index (χ1) is 10.0. The molecular formula is C16H24N2O3. The second-order valence-electron chi connectivity index (χ2n) is 5.99. The van der Waals surface area contributed by atoms with Crippen molar-refractivity contribution in [3.05, 3.63) is 12.2 Å². The fourth-order valence-electron chi connectivity index (χ4n) is 3.15. The predicted molar refractivity (Wildman–Crippen MR) is 79.2 cm³/mol. The zero-order chi connectivity index (χ0) is 15.4. The number of rotatable bonds is 6. The molecule has 0 bridgehead atoms.